The van der Waals surface area contributed by atoms with Crippen molar-refractivity contribution in [2.24, 2.45) is 0 Å². The minimum absolute atomic E-state index is 1.02. The predicted molar refractivity (Wildman–Crippen MR) is 151 cm³/mol. The molecule has 4 aromatic rings. The molecule has 0 spiro atoms. The molecule has 1 aliphatic heterocycles. The van der Waals surface area contributed by atoms with Gasteiger partial charge in [-0.05, 0) is 39.8 Å². The van der Waals surface area contributed by atoms with Crippen molar-refractivity contribution in [3.05, 3.63) is 114 Å². The van der Waals surface area contributed by atoms with Crippen LogP contribution in [0.1, 0.15) is 0 Å². The molecule has 0 bridgehead atoms. The molecule has 4 aromatic carbocycles. The van der Waals surface area contributed by atoms with Crippen LogP contribution in [0, 0.1) is 10.7 Å². The van der Waals surface area contributed by atoms with Crippen molar-refractivity contribution in [1.29, 1.82) is 0 Å². The second kappa shape index (κ2) is 11.8. The molecule has 0 aliphatic carbocycles. The van der Waals surface area contributed by atoms with Gasteiger partial charge in [-0.2, -0.15) is 21.6 Å². The first-order chi connectivity index (χ1) is 16.5. The molecule has 0 unspecified atom stereocenters. The summed E-state index contributed by atoms with van der Waals surface area (Å²) in [5.74, 6) is 0. The average Bonchev–Trinajstić information content (AvgIpc) is 3.12. The first-order valence-corrected chi connectivity index (χ1v) is 17.0. The van der Waals surface area contributed by atoms with E-state index >= 15 is 0 Å². The molecule has 0 fully saturated rings. The number of hydrogen-bond acceptors (Lipinski definition) is 2. The SMILES string of the molecule is CI1c2ccccc2-c2ccccc21.Ic1ccccc1-c1ccccc1.O=S(=O)(O)C(F)(F)F. The van der Waals surface area contributed by atoms with Crippen molar-refractivity contribution >= 4 is 52.5 Å². The fourth-order valence-electron chi connectivity index (χ4n) is 3.28. The number of benzene rings is 4. The van der Waals surface area contributed by atoms with Crippen LogP contribution in [0.3, 0.4) is 0 Å². The zero-order valence-corrected chi connectivity index (χ0v) is 23.5. The first-order valence-electron chi connectivity index (χ1n) is 10.1. The van der Waals surface area contributed by atoms with Crippen LogP contribution in [0.2, 0.25) is 0 Å². The minimum Gasteiger partial charge on any atom is -0.279 e. The Labute approximate surface area is 223 Å². The van der Waals surface area contributed by atoms with Crippen molar-refractivity contribution < 1.29 is 26.1 Å². The molecular weight excluding hydrogens is 703 g/mol. The maximum Gasteiger partial charge on any atom is 0.522 e. The van der Waals surface area contributed by atoms with E-state index in [2.05, 4.69) is 125 Å². The van der Waals surface area contributed by atoms with E-state index in [9.17, 15) is 13.2 Å². The van der Waals surface area contributed by atoms with E-state index < -0.39 is 35.4 Å². The van der Waals surface area contributed by atoms with Gasteiger partial charge in [0.15, 0.2) is 0 Å². The van der Waals surface area contributed by atoms with E-state index in [4.69, 9.17) is 13.0 Å². The van der Waals surface area contributed by atoms with Crippen LogP contribution in [-0.2, 0) is 10.1 Å². The summed E-state index contributed by atoms with van der Waals surface area (Å²) in [6.07, 6.45) is 0. The molecule has 3 nitrogen and oxygen atoms in total. The van der Waals surface area contributed by atoms with Crippen molar-refractivity contribution in [3.63, 3.8) is 0 Å². The molecule has 35 heavy (non-hydrogen) atoms. The largest absolute Gasteiger partial charge is 0.522 e. The monoisotopic (exact) mass is 724 g/mol. The Hall–Kier alpha value is -1.96. The molecule has 5 rings (SSSR count). The summed E-state index contributed by atoms with van der Waals surface area (Å²) < 4.78 is 62.1. The minimum atomic E-state index is -5.84. The van der Waals surface area contributed by atoms with Crippen LogP contribution in [0.25, 0.3) is 22.3 Å². The average molecular weight is 724 g/mol. The molecular formula is C26H21F3I2O3S. The molecule has 1 aliphatic rings. The molecule has 0 radical (unpaired) electrons. The third-order valence-electron chi connectivity index (χ3n) is 4.90. The van der Waals surface area contributed by atoms with Gasteiger partial charge in [-0.25, -0.2) is 0 Å². The Balaban J connectivity index is 0.000000153. The molecule has 1 heterocycles. The van der Waals surface area contributed by atoms with E-state index in [0.717, 1.165) is 0 Å². The zero-order valence-electron chi connectivity index (χ0n) is 18.4. The van der Waals surface area contributed by atoms with Gasteiger partial charge >= 0.3 is 107 Å². The van der Waals surface area contributed by atoms with Crippen LogP contribution in [-0.4, -0.2) is 23.4 Å². The third-order valence-corrected chi connectivity index (χ3v) is 11.8. The van der Waals surface area contributed by atoms with Crippen LogP contribution in [0.15, 0.2) is 103 Å². The number of alkyl halides is 4. The Morgan fingerprint density at radius 2 is 1.06 bits per heavy atom. The first kappa shape index (κ1) is 27.6. The normalized spacial score (nSPS) is 12.9. The Morgan fingerprint density at radius 1 is 0.686 bits per heavy atom. The van der Waals surface area contributed by atoms with E-state index in [1.807, 2.05) is 6.07 Å². The quantitative estimate of drug-likeness (QED) is 0.0933. The fourth-order valence-corrected chi connectivity index (χ4v) is 8.78. The van der Waals surface area contributed by atoms with Gasteiger partial charge in [0.25, 0.3) is 0 Å². The standard InChI is InChI=1S/C13H11I.C12H9I.CHF3O3S/c1-14-12-8-4-2-6-10(12)11-7-3-5-9-13(11)14;13-12-9-5-4-8-11(12)10-6-2-1-3-7-10;2-1(3,4)8(5,6)7/h2-9H,1H3;1-9H;(H,5,6,7). The maximum absolute atomic E-state index is 10.7. The maximum atomic E-state index is 10.7. The number of halogens is 5. The second-order valence-electron chi connectivity index (χ2n) is 7.20. The molecule has 0 saturated carbocycles. The van der Waals surface area contributed by atoms with Gasteiger partial charge in [0.1, 0.15) is 0 Å². The molecule has 0 aromatic heterocycles. The van der Waals surface area contributed by atoms with E-state index in [0.29, 0.717) is 0 Å². The topological polar surface area (TPSA) is 54.4 Å². The van der Waals surface area contributed by atoms with Gasteiger partial charge in [-0.15, -0.1) is 0 Å². The Kier molecular flexibility index (Phi) is 9.35. The van der Waals surface area contributed by atoms with E-state index in [-0.39, 0.29) is 0 Å². The molecule has 0 saturated heterocycles. The predicted octanol–water partition coefficient (Wildman–Crippen LogP) is 8.19. The summed E-state index contributed by atoms with van der Waals surface area (Å²) in [5, 5.41) is 0. The van der Waals surface area contributed by atoms with Gasteiger partial charge in [-0.1, -0.05) is 48.5 Å². The van der Waals surface area contributed by atoms with Gasteiger partial charge in [-0.3, -0.25) is 4.55 Å². The zero-order chi connectivity index (χ0) is 25.6. The van der Waals surface area contributed by atoms with Crippen LogP contribution in [0.4, 0.5) is 13.2 Å². The summed E-state index contributed by atoms with van der Waals surface area (Å²) in [5.41, 5.74) is 0.0234. The van der Waals surface area contributed by atoms with E-state index in [1.54, 1.807) is 7.14 Å². The van der Waals surface area contributed by atoms with E-state index in [1.165, 1.54) is 25.8 Å². The molecule has 1 N–H and O–H groups in total. The van der Waals surface area contributed by atoms with Crippen LogP contribution >= 0.6 is 42.4 Å². The third kappa shape index (κ3) is 7.05. The summed E-state index contributed by atoms with van der Waals surface area (Å²) in [6, 6.07) is 36.6. The summed E-state index contributed by atoms with van der Waals surface area (Å²) >= 11 is 1.34. The van der Waals surface area contributed by atoms with Crippen molar-refractivity contribution in [3.8, 4) is 22.3 Å². The number of fused-ring (bicyclic) bond motifs is 3. The van der Waals surface area contributed by atoms with Gasteiger partial charge in [0.2, 0.25) is 0 Å². The number of hydrogen-bond donors (Lipinski definition) is 1. The smallest absolute Gasteiger partial charge is 0.279 e. The summed E-state index contributed by atoms with van der Waals surface area (Å²) in [4.78, 5) is 2.44. The van der Waals surface area contributed by atoms with Gasteiger partial charge < -0.3 is 0 Å². The summed E-state index contributed by atoms with van der Waals surface area (Å²) in [7, 11) is -5.84. The van der Waals surface area contributed by atoms with Gasteiger partial charge in [0.05, 0.1) is 0 Å². The molecule has 0 atom stereocenters. The Morgan fingerprint density at radius 3 is 1.49 bits per heavy atom. The number of rotatable bonds is 1. The fraction of sp³-hybridized carbons (Fsp3) is 0.0769. The van der Waals surface area contributed by atoms with Crippen LogP contribution in [0.5, 0.6) is 0 Å². The van der Waals surface area contributed by atoms with Crippen molar-refractivity contribution in [2.75, 3.05) is 4.93 Å². The van der Waals surface area contributed by atoms with Crippen molar-refractivity contribution in [1.82, 2.24) is 0 Å². The molecule has 184 valence electrons. The van der Waals surface area contributed by atoms with Crippen molar-refractivity contribution in [2.45, 2.75) is 5.51 Å². The Bertz CT molecular complexity index is 1350. The van der Waals surface area contributed by atoms with Crippen LogP contribution < -0.4 is 0 Å². The molecule has 9 heteroatoms. The summed E-state index contributed by atoms with van der Waals surface area (Å²) in [6.45, 7) is 0. The second-order valence-corrected chi connectivity index (χ2v) is 14.8. The van der Waals surface area contributed by atoms with Gasteiger partial charge in [0, 0.05) is 3.57 Å². The molecule has 0 amide bonds.